The molecular weight excluding hydrogens is 371 g/mol. The molecule has 3 rings (SSSR count). The normalized spacial score (nSPS) is 23.7. The number of rotatable bonds is 4. The van der Waals surface area contributed by atoms with E-state index in [1.165, 1.54) is 4.46 Å². The van der Waals surface area contributed by atoms with Gasteiger partial charge >= 0.3 is 145 Å². The van der Waals surface area contributed by atoms with Crippen molar-refractivity contribution in [3.05, 3.63) is 60.7 Å². The van der Waals surface area contributed by atoms with Gasteiger partial charge in [-0.2, -0.15) is 0 Å². The van der Waals surface area contributed by atoms with E-state index in [9.17, 15) is 8.42 Å². The zero-order chi connectivity index (χ0) is 16.5. The van der Waals surface area contributed by atoms with Crippen molar-refractivity contribution in [2.24, 2.45) is 5.41 Å². The standard InChI is InChI=1S/C19H22O2SSe/c1-19(2)13-17(22(20,21)15-9-5-3-6-10-15)18(14-19)23-16-11-7-4-8-12-16/h3-12,17-18H,13-14H2,1-2H3. The number of sulfone groups is 1. The van der Waals surface area contributed by atoms with Crippen molar-refractivity contribution in [3.8, 4) is 0 Å². The van der Waals surface area contributed by atoms with Gasteiger partial charge in [0.15, 0.2) is 0 Å². The topological polar surface area (TPSA) is 34.1 Å². The first kappa shape index (κ1) is 16.8. The van der Waals surface area contributed by atoms with Crippen molar-refractivity contribution in [1.29, 1.82) is 0 Å². The monoisotopic (exact) mass is 394 g/mol. The zero-order valence-corrected chi connectivity index (χ0v) is 16.0. The molecule has 1 fully saturated rings. The molecule has 1 aliphatic carbocycles. The fourth-order valence-corrected chi connectivity index (χ4v) is 9.62. The molecule has 23 heavy (non-hydrogen) atoms. The van der Waals surface area contributed by atoms with Crippen LogP contribution >= 0.6 is 0 Å². The van der Waals surface area contributed by atoms with Gasteiger partial charge in [-0.05, 0) is 0 Å². The Kier molecular flexibility index (Phi) is 4.68. The minimum atomic E-state index is -3.26. The van der Waals surface area contributed by atoms with E-state index in [-0.39, 0.29) is 30.4 Å². The summed E-state index contributed by atoms with van der Waals surface area (Å²) >= 11 is 0.182. The van der Waals surface area contributed by atoms with Crippen LogP contribution in [0.5, 0.6) is 0 Å². The average molecular weight is 393 g/mol. The Morgan fingerprint density at radius 1 is 0.913 bits per heavy atom. The summed E-state index contributed by atoms with van der Waals surface area (Å²) in [5, 5.41) is -0.264. The fourth-order valence-electron chi connectivity index (χ4n) is 3.32. The molecule has 4 heteroatoms. The second-order valence-corrected chi connectivity index (χ2v) is 11.9. The van der Waals surface area contributed by atoms with Gasteiger partial charge in [0.25, 0.3) is 0 Å². The molecule has 0 amide bonds. The van der Waals surface area contributed by atoms with E-state index in [4.69, 9.17) is 0 Å². The number of hydrogen-bond donors (Lipinski definition) is 0. The van der Waals surface area contributed by atoms with Crippen LogP contribution in [-0.2, 0) is 9.84 Å². The molecule has 0 aliphatic heterocycles. The third kappa shape index (κ3) is 3.71. The van der Waals surface area contributed by atoms with Gasteiger partial charge in [0.05, 0.1) is 0 Å². The van der Waals surface area contributed by atoms with Crippen LogP contribution in [0.1, 0.15) is 26.7 Å². The van der Waals surface area contributed by atoms with Crippen molar-refractivity contribution < 1.29 is 8.42 Å². The quantitative estimate of drug-likeness (QED) is 0.746. The maximum absolute atomic E-state index is 13.1. The molecule has 0 N–H and O–H groups in total. The Hall–Kier alpha value is -1.09. The molecule has 1 aliphatic rings. The third-order valence-corrected chi connectivity index (χ3v) is 9.85. The van der Waals surface area contributed by atoms with Crippen LogP contribution in [0.15, 0.2) is 65.6 Å². The van der Waals surface area contributed by atoms with Crippen molar-refractivity contribution in [2.75, 3.05) is 0 Å². The van der Waals surface area contributed by atoms with Gasteiger partial charge in [-0.3, -0.25) is 0 Å². The molecular formula is C19H22O2SSe. The summed E-state index contributed by atoms with van der Waals surface area (Å²) in [4.78, 5) is 0.710. The van der Waals surface area contributed by atoms with Crippen molar-refractivity contribution in [2.45, 2.75) is 41.7 Å². The van der Waals surface area contributed by atoms with Gasteiger partial charge in [-0.15, -0.1) is 0 Å². The van der Waals surface area contributed by atoms with Crippen LogP contribution in [0, 0.1) is 5.41 Å². The SMILES string of the molecule is CC1(C)CC([Se]c2ccccc2)C(S(=O)(=O)c2ccccc2)C1. The van der Waals surface area contributed by atoms with Crippen LogP contribution in [0.4, 0.5) is 0 Å². The molecule has 2 nitrogen and oxygen atoms in total. The van der Waals surface area contributed by atoms with E-state index >= 15 is 0 Å². The minimum absolute atomic E-state index is 0.0910. The molecule has 0 bridgehead atoms. The first-order valence-electron chi connectivity index (χ1n) is 7.89. The second-order valence-electron chi connectivity index (χ2n) is 6.94. The van der Waals surface area contributed by atoms with Gasteiger partial charge in [0, 0.05) is 0 Å². The van der Waals surface area contributed by atoms with E-state index in [0.717, 1.165) is 12.8 Å². The molecule has 122 valence electrons. The molecule has 0 heterocycles. The van der Waals surface area contributed by atoms with E-state index in [1.807, 2.05) is 36.4 Å². The summed E-state index contributed by atoms with van der Waals surface area (Å²) < 4.78 is 27.6. The maximum atomic E-state index is 13.1. The van der Waals surface area contributed by atoms with Crippen molar-refractivity contribution >= 4 is 29.3 Å². The summed E-state index contributed by atoms with van der Waals surface area (Å²) in [6, 6.07) is 19.3. The van der Waals surface area contributed by atoms with E-state index < -0.39 is 9.84 Å². The Bertz CT molecular complexity index is 754. The van der Waals surface area contributed by atoms with Crippen molar-refractivity contribution in [1.82, 2.24) is 0 Å². The number of benzene rings is 2. The number of hydrogen-bond acceptors (Lipinski definition) is 2. The molecule has 2 aromatic rings. The summed E-state index contributed by atoms with van der Waals surface area (Å²) in [5.74, 6) is 0. The summed E-state index contributed by atoms with van der Waals surface area (Å²) in [6.45, 7) is 4.39. The predicted molar refractivity (Wildman–Crippen MR) is 96.0 cm³/mol. The van der Waals surface area contributed by atoms with E-state index in [1.54, 1.807) is 12.1 Å². The summed E-state index contributed by atoms with van der Waals surface area (Å²) in [6.07, 6.45) is 1.74. The molecule has 0 radical (unpaired) electrons. The van der Waals surface area contributed by atoms with E-state index in [2.05, 4.69) is 26.0 Å². The Balaban J connectivity index is 1.92. The molecule has 2 atom stereocenters. The predicted octanol–water partition coefficient (Wildman–Crippen LogP) is 3.47. The molecule has 0 saturated heterocycles. The van der Waals surface area contributed by atoms with Crippen LogP contribution in [0.25, 0.3) is 0 Å². The van der Waals surface area contributed by atoms with Gasteiger partial charge in [-0.1, -0.05) is 0 Å². The van der Waals surface area contributed by atoms with Crippen molar-refractivity contribution in [3.63, 3.8) is 0 Å². The summed E-state index contributed by atoms with van der Waals surface area (Å²) in [5.41, 5.74) is 0.0910. The molecule has 1 saturated carbocycles. The van der Waals surface area contributed by atoms with Crippen LogP contribution in [0.3, 0.4) is 0 Å². The molecule has 0 spiro atoms. The Labute approximate surface area is 145 Å². The van der Waals surface area contributed by atoms with Gasteiger partial charge < -0.3 is 0 Å². The molecule has 2 aromatic carbocycles. The molecule has 2 unspecified atom stereocenters. The van der Waals surface area contributed by atoms with E-state index in [0.29, 0.717) is 4.90 Å². The second kappa shape index (κ2) is 6.43. The molecule has 0 aromatic heterocycles. The third-order valence-electron chi connectivity index (χ3n) is 4.42. The average Bonchev–Trinajstić information content (AvgIpc) is 2.84. The Morgan fingerprint density at radius 3 is 2.09 bits per heavy atom. The summed E-state index contributed by atoms with van der Waals surface area (Å²) in [7, 11) is -3.26. The zero-order valence-electron chi connectivity index (χ0n) is 13.5. The van der Waals surface area contributed by atoms with Crippen LogP contribution in [0.2, 0.25) is 4.82 Å². The van der Waals surface area contributed by atoms with Crippen LogP contribution in [-0.4, -0.2) is 28.6 Å². The first-order chi connectivity index (χ1) is 10.9. The van der Waals surface area contributed by atoms with Gasteiger partial charge in [0.2, 0.25) is 0 Å². The van der Waals surface area contributed by atoms with Gasteiger partial charge in [-0.25, -0.2) is 0 Å². The first-order valence-corrected chi connectivity index (χ1v) is 11.3. The fraction of sp³-hybridized carbons (Fsp3) is 0.368. The Morgan fingerprint density at radius 2 is 1.48 bits per heavy atom. The van der Waals surface area contributed by atoms with Gasteiger partial charge in [0.1, 0.15) is 0 Å². The van der Waals surface area contributed by atoms with Crippen LogP contribution < -0.4 is 4.46 Å².